The van der Waals surface area contributed by atoms with E-state index >= 15 is 0 Å². The highest BCUT2D eigenvalue weighted by molar-refractivity contribution is 6.34. The lowest BCUT2D eigenvalue weighted by Crippen LogP contribution is -2.15. The number of ether oxygens (including phenoxy) is 2. The van der Waals surface area contributed by atoms with Crippen molar-refractivity contribution >= 4 is 34.6 Å². The van der Waals surface area contributed by atoms with Crippen LogP contribution in [0.5, 0.6) is 11.5 Å². The fraction of sp³-hybridized carbons (Fsp3) is 0.0588. The van der Waals surface area contributed by atoms with Crippen LogP contribution in [-0.2, 0) is 4.79 Å². The van der Waals surface area contributed by atoms with Gasteiger partial charge in [-0.1, -0.05) is 11.6 Å². The number of nitrogens with one attached hydrogen (secondary N) is 2. The van der Waals surface area contributed by atoms with Crippen molar-refractivity contribution < 1.29 is 19.2 Å². The number of hydrogen-bond donors (Lipinski definition) is 2. The van der Waals surface area contributed by atoms with Crippen LogP contribution in [0.1, 0.15) is 0 Å². The van der Waals surface area contributed by atoms with Crippen molar-refractivity contribution in [3.63, 3.8) is 0 Å². The third-order valence-corrected chi connectivity index (χ3v) is 3.86. The Morgan fingerprint density at radius 3 is 2.78 bits per heavy atom. The van der Waals surface area contributed by atoms with Crippen molar-refractivity contribution in [3.8, 4) is 17.6 Å². The van der Waals surface area contributed by atoms with E-state index in [0.717, 1.165) is 6.07 Å². The third kappa shape index (κ3) is 4.08. The van der Waals surface area contributed by atoms with Gasteiger partial charge >= 0.3 is 0 Å². The number of hydrogen-bond acceptors (Lipinski definition) is 7. The molecule has 27 heavy (non-hydrogen) atoms. The number of carbonyl (C=O) groups is 1. The van der Waals surface area contributed by atoms with Gasteiger partial charge in [-0.3, -0.25) is 14.9 Å². The molecule has 0 saturated carbocycles. The van der Waals surface area contributed by atoms with Crippen molar-refractivity contribution in [2.24, 2.45) is 0 Å². The molecule has 3 rings (SSSR count). The number of halogens is 1. The number of non-ortho nitro benzene ring substituents is 1. The molecule has 2 N–H and O–H groups in total. The van der Waals surface area contributed by atoms with Crippen LogP contribution in [-0.4, -0.2) is 17.6 Å². The molecule has 10 heteroatoms. The fourth-order valence-electron chi connectivity index (χ4n) is 2.20. The molecule has 2 aromatic rings. The van der Waals surface area contributed by atoms with E-state index in [-0.39, 0.29) is 28.8 Å². The zero-order chi connectivity index (χ0) is 19.4. The Morgan fingerprint density at radius 1 is 1.26 bits per heavy atom. The smallest absolute Gasteiger partial charge is 0.271 e. The highest BCUT2D eigenvalue weighted by Gasteiger charge is 2.16. The van der Waals surface area contributed by atoms with Gasteiger partial charge in [-0.25, -0.2) is 0 Å². The van der Waals surface area contributed by atoms with E-state index < -0.39 is 10.8 Å². The molecule has 2 aromatic carbocycles. The van der Waals surface area contributed by atoms with Crippen molar-refractivity contribution in [3.05, 3.63) is 63.3 Å². The Hall–Kier alpha value is -3.77. The summed E-state index contributed by atoms with van der Waals surface area (Å²) in [5.74, 6) is 0.371. The lowest BCUT2D eigenvalue weighted by atomic mass is 10.2. The number of fused-ring (bicyclic) bond motifs is 1. The number of benzene rings is 2. The summed E-state index contributed by atoms with van der Waals surface area (Å²) >= 11 is 5.94. The predicted molar refractivity (Wildman–Crippen MR) is 96.6 cm³/mol. The summed E-state index contributed by atoms with van der Waals surface area (Å²) in [5, 5.41) is 25.4. The van der Waals surface area contributed by atoms with Gasteiger partial charge in [-0.05, 0) is 18.2 Å². The summed E-state index contributed by atoms with van der Waals surface area (Å²) in [6, 6.07) is 10.4. The molecule has 0 aromatic heterocycles. The number of amides is 1. The first-order valence-electron chi connectivity index (χ1n) is 7.49. The maximum Gasteiger partial charge on any atom is 0.271 e. The molecule has 1 amide bonds. The van der Waals surface area contributed by atoms with Gasteiger partial charge in [0, 0.05) is 30.1 Å². The maximum absolute atomic E-state index is 12.3. The van der Waals surface area contributed by atoms with E-state index in [9.17, 15) is 20.2 Å². The predicted octanol–water partition coefficient (Wildman–Crippen LogP) is 3.43. The Bertz CT molecular complexity index is 999. The van der Waals surface area contributed by atoms with Crippen molar-refractivity contribution in [2.75, 3.05) is 17.4 Å². The SMILES string of the molecule is N#C/C(=C/Nc1ccc2c(c1)OCO2)C(=O)Nc1cc([N+](=O)[O-])ccc1Cl. The van der Waals surface area contributed by atoms with Crippen LogP contribution >= 0.6 is 11.6 Å². The average molecular weight is 387 g/mol. The molecular formula is C17H11ClN4O5. The lowest BCUT2D eigenvalue weighted by molar-refractivity contribution is -0.384. The zero-order valence-corrected chi connectivity index (χ0v) is 14.3. The summed E-state index contributed by atoms with van der Waals surface area (Å²) < 4.78 is 10.4. The molecule has 9 nitrogen and oxygen atoms in total. The number of rotatable bonds is 5. The van der Waals surface area contributed by atoms with Gasteiger partial charge < -0.3 is 20.1 Å². The van der Waals surface area contributed by atoms with E-state index in [1.165, 1.54) is 18.3 Å². The van der Waals surface area contributed by atoms with Gasteiger partial charge in [0.1, 0.15) is 11.6 Å². The summed E-state index contributed by atoms with van der Waals surface area (Å²) in [4.78, 5) is 22.5. The molecule has 0 unspecified atom stereocenters. The minimum atomic E-state index is -0.770. The van der Waals surface area contributed by atoms with Crippen LogP contribution < -0.4 is 20.1 Å². The van der Waals surface area contributed by atoms with Crippen LogP contribution in [0.25, 0.3) is 0 Å². The molecule has 0 aliphatic carbocycles. The molecule has 0 atom stereocenters. The van der Waals surface area contributed by atoms with Crippen LogP contribution in [0.4, 0.5) is 17.1 Å². The fourth-order valence-corrected chi connectivity index (χ4v) is 2.37. The van der Waals surface area contributed by atoms with Gasteiger partial charge in [-0.2, -0.15) is 5.26 Å². The monoisotopic (exact) mass is 386 g/mol. The number of anilines is 2. The summed E-state index contributed by atoms with van der Waals surface area (Å²) in [5.41, 5.74) is 0.110. The Labute approximate surface area is 157 Å². The number of nitrogens with zero attached hydrogens (tertiary/aromatic N) is 2. The van der Waals surface area contributed by atoms with E-state index in [4.69, 9.17) is 21.1 Å². The van der Waals surface area contributed by atoms with Gasteiger partial charge in [0.15, 0.2) is 11.5 Å². The average Bonchev–Trinajstić information content (AvgIpc) is 3.11. The van der Waals surface area contributed by atoms with Crippen LogP contribution in [0, 0.1) is 21.4 Å². The molecule has 0 bridgehead atoms. The molecular weight excluding hydrogens is 376 g/mol. The van der Waals surface area contributed by atoms with Crippen molar-refractivity contribution in [1.29, 1.82) is 5.26 Å². The quantitative estimate of drug-likeness (QED) is 0.348. The second kappa shape index (κ2) is 7.63. The number of carbonyl (C=O) groups excluding carboxylic acids is 1. The summed E-state index contributed by atoms with van der Waals surface area (Å²) in [6.45, 7) is 0.129. The van der Waals surface area contributed by atoms with E-state index in [1.807, 2.05) is 0 Å². The summed E-state index contributed by atoms with van der Waals surface area (Å²) in [6.07, 6.45) is 1.21. The van der Waals surface area contributed by atoms with E-state index in [1.54, 1.807) is 24.3 Å². The zero-order valence-electron chi connectivity index (χ0n) is 13.6. The first-order chi connectivity index (χ1) is 13.0. The molecule has 0 spiro atoms. The van der Waals surface area contributed by atoms with Crippen molar-refractivity contribution in [1.82, 2.24) is 0 Å². The first-order valence-corrected chi connectivity index (χ1v) is 7.87. The highest BCUT2D eigenvalue weighted by Crippen LogP contribution is 2.34. The standard InChI is InChI=1S/C17H11ClN4O5/c18-13-3-2-12(22(24)25)6-14(13)21-17(23)10(7-19)8-20-11-1-4-15-16(5-11)27-9-26-15/h1-6,8,20H,9H2,(H,21,23)/b10-8-. The van der Waals surface area contributed by atoms with Crippen LogP contribution in [0.15, 0.2) is 48.2 Å². The molecule has 1 heterocycles. The molecule has 136 valence electrons. The van der Waals surface area contributed by atoms with E-state index in [0.29, 0.717) is 17.2 Å². The van der Waals surface area contributed by atoms with Crippen molar-refractivity contribution in [2.45, 2.75) is 0 Å². The highest BCUT2D eigenvalue weighted by atomic mass is 35.5. The Morgan fingerprint density at radius 2 is 2.04 bits per heavy atom. The second-order valence-electron chi connectivity index (χ2n) is 5.26. The van der Waals surface area contributed by atoms with Crippen LogP contribution in [0.3, 0.4) is 0 Å². The number of nitro groups is 1. The minimum absolute atomic E-state index is 0.0279. The topological polar surface area (TPSA) is 127 Å². The van der Waals surface area contributed by atoms with Gasteiger partial charge in [0.25, 0.3) is 11.6 Å². The molecule has 1 aliphatic heterocycles. The molecule has 1 aliphatic rings. The molecule has 0 saturated heterocycles. The van der Waals surface area contributed by atoms with Crippen LogP contribution in [0.2, 0.25) is 5.02 Å². The van der Waals surface area contributed by atoms with Gasteiger partial charge in [-0.15, -0.1) is 0 Å². The number of nitro benzene ring substituents is 1. The molecule has 0 radical (unpaired) electrons. The second-order valence-corrected chi connectivity index (χ2v) is 5.66. The van der Waals surface area contributed by atoms with Gasteiger partial charge in [0.05, 0.1) is 15.6 Å². The normalized spacial score (nSPS) is 12.2. The largest absolute Gasteiger partial charge is 0.454 e. The van der Waals surface area contributed by atoms with Gasteiger partial charge in [0.2, 0.25) is 6.79 Å². The van der Waals surface area contributed by atoms with E-state index in [2.05, 4.69) is 10.6 Å². The molecule has 0 fully saturated rings. The maximum atomic E-state index is 12.3. The third-order valence-electron chi connectivity index (χ3n) is 3.53. The summed E-state index contributed by atoms with van der Waals surface area (Å²) in [7, 11) is 0. The Kier molecular flexibility index (Phi) is 5.10. The Balaban J connectivity index is 1.74. The first kappa shape index (κ1) is 18.0. The minimum Gasteiger partial charge on any atom is -0.454 e. The number of nitriles is 1. The lowest BCUT2D eigenvalue weighted by Gasteiger charge is -2.07.